The number of rotatable bonds is 9. The maximum atomic E-state index is 13.2. The van der Waals surface area contributed by atoms with Gasteiger partial charge in [-0.05, 0) is 42.0 Å². The molecule has 0 radical (unpaired) electrons. The predicted molar refractivity (Wildman–Crippen MR) is 133 cm³/mol. The zero-order chi connectivity index (χ0) is 26.5. The van der Waals surface area contributed by atoms with Gasteiger partial charge >= 0.3 is 5.97 Å². The van der Waals surface area contributed by atoms with Crippen molar-refractivity contribution in [2.75, 3.05) is 37.2 Å². The fraction of sp³-hybridized carbons (Fsp3) is 0.200. The number of ether oxygens (including phenoxy) is 3. The number of halogens is 1. The topological polar surface area (TPSA) is 111 Å². The molecule has 1 amide bonds. The molecule has 0 aromatic heterocycles. The van der Waals surface area contributed by atoms with Crippen molar-refractivity contribution in [1.29, 1.82) is 0 Å². The molecule has 1 N–H and O–H groups in total. The summed E-state index contributed by atoms with van der Waals surface area (Å²) in [4.78, 5) is 25.2. The maximum absolute atomic E-state index is 13.2. The predicted octanol–water partition coefficient (Wildman–Crippen LogP) is 3.85. The molecule has 0 saturated carbocycles. The van der Waals surface area contributed by atoms with Crippen molar-refractivity contribution < 1.29 is 36.6 Å². The van der Waals surface area contributed by atoms with E-state index in [0.717, 1.165) is 10.6 Å². The van der Waals surface area contributed by atoms with Crippen LogP contribution >= 0.6 is 0 Å². The second-order valence-corrected chi connectivity index (χ2v) is 9.55. The number of hydrogen-bond donors (Lipinski definition) is 1. The SMILES string of the molecule is COC(=O)c1cc(OC)c(OC)cc1NC(=O)c1ccc(N(Cc2ccc(F)cc2)S(C)(=O)=O)cc1. The first-order valence-electron chi connectivity index (χ1n) is 10.5. The Kier molecular flexibility index (Phi) is 8.15. The van der Waals surface area contributed by atoms with Gasteiger partial charge < -0.3 is 19.5 Å². The van der Waals surface area contributed by atoms with Gasteiger partial charge in [0.15, 0.2) is 11.5 Å². The second kappa shape index (κ2) is 11.1. The van der Waals surface area contributed by atoms with E-state index in [1.807, 2.05) is 0 Å². The quantitative estimate of drug-likeness (QED) is 0.430. The summed E-state index contributed by atoms with van der Waals surface area (Å²) in [6.07, 6.45) is 1.06. The first kappa shape index (κ1) is 26.5. The molecule has 3 aromatic rings. The highest BCUT2D eigenvalue weighted by atomic mass is 32.2. The number of nitrogens with zero attached hydrogens (tertiary/aromatic N) is 1. The lowest BCUT2D eigenvalue weighted by Gasteiger charge is -2.23. The lowest BCUT2D eigenvalue weighted by atomic mass is 10.1. The number of sulfonamides is 1. The first-order valence-corrected chi connectivity index (χ1v) is 12.4. The average molecular weight is 517 g/mol. The number of anilines is 2. The van der Waals surface area contributed by atoms with Gasteiger partial charge in [-0.3, -0.25) is 9.10 Å². The van der Waals surface area contributed by atoms with Crippen LogP contribution in [0, 0.1) is 5.82 Å². The van der Waals surface area contributed by atoms with E-state index in [2.05, 4.69) is 5.32 Å². The van der Waals surface area contributed by atoms with Crippen molar-refractivity contribution in [2.45, 2.75) is 6.54 Å². The van der Waals surface area contributed by atoms with Crippen LogP contribution in [0.25, 0.3) is 0 Å². The molecule has 0 spiro atoms. The highest BCUT2D eigenvalue weighted by Gasteiger charge is 2.21. The summed E-state index contributed by atoms with van der Waals surface area (Å²) in [7, 11) is 0.360. The zero-order valence-corrected chi connectivity index (χ0v) is 20.9. The summed E-state index contributed by atoms with van der Waals surface area (Å²) >= 11 is 0. The third-order valence-corrected chi connectivity index (χ3v) is 6.38. The first-order chi connectivity index (χ1) is 17.1. The van der Waals surface area contributed by atoms with Crippen LogP contribution in [0.5, 0.6) is 11.5 Å². The second-order valence-electron chi connectivity index (χ2n) is 7.64. The molecule has 0 heterocycles. The number of nitrogens with one attached hydrogen (secondary N) is 1. The van der Waals surface area contributed by atoms with Gasteiger partial charge in [0.2, 0.25) is 10.0 Å². The number of carbonyl (C=O) groups is 2. The number of benzene rings is 3. The Morgan fingerprint density at radius 1 is 0.917 bits per heavy atom. The van der Waals surface area contributed by atoms with Gasteiger partial charge in [-0.2, -0.15) is 0 Å². The Morgan fingerprint density at radius 3 is 2.03 bits per heavy atom. The minimum atomic E-state index is -3.68. The van der Waals surface area contributed by atoms with Gasteiger partial charge in [-0.15, -0.1) is 0 Å². The summed E-state index contributed by atoms with van der Waals surface area (Å²) < 4.78 is 54.4. The van der Waals surface area contributed by atoms with Crippen LogP contribution in [0.1, 0.15) is 26.3 Å². The van der Waals surface area contributed by atoms with Crippen LogP contribution in [-0.4, -0.2) is 47.9 Å². The van der Waals surface area contributed by atoms with Crippen LogP contribution in [-0.2, 0) is 21.3 Å². The number of carbonyl (C=O) groups excluding carboxylic acids is 2. The molecule has 0 saturated heterocycles. The average Bonchev–Trinajstić information content (AvgIpc) is 2.86. The molecule has 0 bridgehead atoms. The molecule has 3 aromatic carbocycles. The van der Waals surface area contributed by atoms with Gasteiger partial charge in [0.25, 0.3) is 5.91 Å². The van der Waals surface area contributed by atoms with Crippen molar-refractivity contribution in [3.63, 3.8) is 0 Å². The number of hydrogen-bond acceptors (Lipinski definition) is 7. The highest BCUT2D eigenvalue weighted by Crippen LogP contribution is 2.34. The third-order valence-electron chi connectivity index (χ3n) is 5.23. The largest absolute Gasteiger partial charge is 0.493 e. The molecule has 11 heteroatoms. The van der Waals surface area contributed by atoms with Gasteiger partial charge in [0.1, 0.15) is 5.82 Å². The smallest absolute Gasteiger partial charge is 0.340 e. The Hall–Kier alpha value is -4.12. The molecule has 9 nitrogen and oxygen atoms in total. The number of methoxy groups -OCH3 is 3. The highest BCUT2D eigenvalue weighted by molar-refractivity contribution is 7.92. The minimum Gasteiger partial charge on any atom is -0.493 e. The van der Waals surface area contributed by atoms with E-state index in [1.54, 1.807) is 0 Å². The van der Waals surface area contributed by atoms with Crippen molar-refractivity contribution >= 4 is 33.3 Å². The Balaban J connectivity index is 1.88. The van der Waals surface area contributed by atoms with Crippen LogP contribution in [0.3, 0.4) is 0 Å². The monoisotopic (exact) mass is 516 g/mol. The van der Waals surface area contributed by atoms with Crippen molar-refractivity contribution in [3.05, 3.63) is 83.2 Å². The lowest BCUT2D eigenvalue weighted by molar-refractivity contribution is 0.0601. The van der Waals surface area contributed by atoms with E-state index in [-0.39, 0.29) is 29.1 Å². The summed E-state index contributed by atoms with van der Waals surface area (Å²) in [5, 5.41) is 2.65. The molecular weight excluding hydrogens is 491 g/mol. The summed E-state index contributed by atoms with van der Waals surface area (Å²) in [6.45, 7) is -0.0151. The lowest BCUT2D eigenvalue weighted by Crippen LogP contribution is -2.29. The molecule has 0 aliphatic heterocycles. The van der Waals surface area contributed by atoms with Crippen molar-refractivity contribution in [2.24, 2.45) is 0 Å². The number of amides is 1. The standard InChI is InChI=1S/C25H25FN2O7S/c1-33-22-13-20(25(30)35-3)21(14-23(22)34-2)27-24(29)17-7-11-19(12-8-17)28(36(4,31)32)15-16-5-9-18(26)10-6-16/h5-14H,15H2,1-4H3,(H,27,29). The van der Waals surface area contributed by atoms with Crippen molar-refractivity contribution in [1.82, 2.24) is 0 Å². The van der Waals surface area contributed by atoms with Gasteiger partial charge in [-0.25, -0.2) is 17.6 Å². The molecule has 190 valence electrons. The van der Waals surface area contributed by atoms with Gasteiger partial charge in [-0.1, -0.05) is 12.1 Å². The summed E-state index contributed by atoms with van der Waals surface area (Å²) in [5.41, 5.74) is 1.32. The van der Waals surface area contributed by atoms with E-state index < -0.39 is 27.7 Å². The molecule has 0 aliphatic rings. The van der Waals surface area contributed by atoms with E-state index >= 15 is 0 Å². The number of esters is 1. The molecule has 0 aliphatic carbocycles. The third kappa shape index (κ3) is 6.11. The van der Waals surface area contributed by atoms with Gasteiger partial charge in [0, 0.05) is 17.7 Å². The molecule has 0 unspecified atom stereocenters. The molecule has 3 rings (SSSR count). The maximum Gasteiger partial charge on any atom is 0.340 e. The van der Waals surface area contributed by atoms with Crippen LogP contribution in [0.15, 0.2) is 60.7 Å². The Morgan fingerprint density at radius 2 is 1.50 bits per heavy atom. The molecule has 36 heavy (non-hydrogen) atoms. The normalized spacial score (nSPS) is 10.9. The van der Waals surface area contributed by atoms with E-state index in [1.165, 1.54) is 82.0 Å². The molecule has 0 atom stereocenters. The van der Waals surface area contributed by atoms with Crippen LogP contribution in [0.2, 0.25) is 0 Å². The van der Waals surface area contributed by atoms with Crippen molar-refractivity contribution in [3.8, 4) is 11.5 Å². The summed E-state index contributed by atoms with van der Waals surface area (Å²) in [6, 6.07) is 14.2. The Labute approximate surface area is 208 Å². The van der Waals surface area contributed by atoms with Crippen LogP contribution in [0.4, 0.5) is 15.8 Å². The molecular formula is C25H25FN2O7S. The van der Waals surface area contributed by atoms with E-state index in [0.29, 0.717) is 17.0 Å². The van der Waals surface area contributed by atoms with E-state index in [4.69, 9.17) is 14.2 Å². The Bertz CT molecular complexity index is 1360. The van der Waals surface area contributed by atoms with Gasteiger partial charge in [0.05, 0.1) is 51.1 Å². The summed E-state index contributed by atoms with van der Waals surface area (Å²) in [5.74, 6) is -1.10. The fourth-order valence-electron chi connectivity index (χ4n) is 3.39. The molecule has 0 fully saturated rings. The minimum absolute atomic E-state index is 0.0151. The zero-order valence-electron chi connectivity index (χ0n) is 20.1. The van der Waals surface area contributed by atoms with E-state index in [9.17, 15) is 22.4 Å². The van der Waals surface area contributed by atoms with Crippen LogP contribution < -0.4 is 19.1 Å². The fourth-order valence-corrected chi connectivity index (χ4v) is 4.28.